The molecule has 0 spiro atoms. The molecule has 0 aliphatic carbocycles. The Hall–Kier alpha value is -2.90. The van der Waals surface area contributed by atoms with Crippen LogP contribution >= 0.6 is 0 Å². The first-order valence-corrected chi connectivity index (χ1v) is 10.0. The summed E-state index contributed by atoms with van der Waals surface area (Å²) in [5.41, 5.74) is 3.49. The third-order valence-electron chi connectivity index (χ3n) is 5.24. The number of hydrogen-bond donors (Lipinski definition) is 1. The molecule has 2 aliphatic rings. The Morgan fingerprint density at radius 2 is 2.07 bits per heavy atom. The van der Waals surface area contributed by atoms with E-state index in [-0.39, 0.29) is 18.2 Å². The van der Waals surface area contributed by atoms with Gasteiger partial charge in [0.15, 0.2) is 0 Å². The van der Waals surface area contributed by atoms with Crippen LogP contribution < -0.4 is 5.32 Å². The fraction of sp³-hybridized carbons (Fsp3) is 0.524. The lowest BCUT2D eigenvalue weighted by molar-refractivity contribution is 0.0175. The number of carbonyl (C=O) groups excluding carboxylic acids is 1. The molecule has 1 fully saturated rings. The maximum atomic E-state index is 12.7. The zero-order valence-corrected chi connectivity index (χ0v) is 17.6. The second-order valence-corrected chi connectivity index (χ2v) is 8.84. The lowest BCUT2D eigenvalue weighted by atomic mass is 9.96. The molecule has 1 N–H and O–H groups in total. The molecule has 2 bridgehead atoms. The van der Waals surface area contributed by atoms with Crippen LogP contribution in [-0.4, -0.2) is 48.4 Å². The second-order valence-electron chi connectivity index (χ2n) is 8.84. The minimum Gasteiger partial charge on any atom is -0.444 e. The molecule has 8 heteroatoms. The number of aryl methyl sites for hydroxylation is 2. The average Bonchev–Trinajstić information content (AvgIpc) is 3.15. The van der Waals surface area contributed by atoms with Crippen molar-refractivity contribution in [3.63, 3.8) is 0 Å². The zero-order chi connectivity index (χ0) is 20.8. The largest absolute Gasteiger partial charge is 0.444 e. The van der Waals surface area contributed by atoms with Crippen LogP contribution in [0.25, 0.3) is 5.57 Å². The maximum Gasteiger partial charge on any atom is 0.411 e. The number of rotatable bonds is 3. The van der Waals surface area contributed by atoms with Crippen molar-refractivity contribution in [2.45, 2.75) is 64.6 Å². The molecule has 2 unspecified atom stereocenters. The fourth-order valence-corrected chi connectivity index (χ4v) is 4.05. The highest BCUT2D eigenvalue weighted by atomic mass is 16.6. The van der Waals surface area contributed by atoms with Crippen LogP contribution in [-0.2, 0) is 11.8 Å². The van der Waals surface area contributed by atoms with Gasteiger partial charge in [-0.2, -0.15) is 5.10 Å². The lowest BCUT2D eigenvalue weighted by Crippen LogP contribution is -2.45. The summed E-state index contributed by atoms with van der Waals surface area (Å²) in [5.74, 6) is 0.543. The summed E-state index contributed by atoms with van der Waals surface area (Å²) in [6.45, 7) is 7.73. The molecular formula is C21H28N6O2. The van der Waals surface area contributed by atoms with Crippen molar-refractivity contribution in [3.8, 4) is 0 Å². The SMILES string of the molecule is Cc1cnc(Nc2cnn(C)c2)nc1C1=CC2CCC(C1)N2C(=O)OC(C)(C)C. The van der Waals surface area contributed by atoms with E-state index in [4.69, 9.17) is 9.72 Å². The minimum absolute atomic E-state index is 0.0581. The number of hydrogen-bond acceptors (Lipinski definition) is 6. The zero-order valence-electron chi connectivity index (χ0n) is 17.6. The van der Waals surface area contributed by atoms with Gasteiger partial charge in [-0.3, -0.25) is 9.58 Å². The normalized spacial score (nSPS) is 21.1. The van der Waals surface area contributed by atoms with E-state index in [2.05, 4.69) is 21.5 Å². The Kier molecular flexibility index (Phi) is 4.80. The number of amides is 1. The third kappa shape index (κ3) is 4.11. The third-order valence-corrected chi connectivity index (χ3v) is 5.24. The van der Waals surface area contributed by atoms with Crippen LogP contribution in [0.4, 0.5) is 16.4 Å². The van der Waals surface area contributed by atoms with Crippen molar-refractivity contribution in [2.75, 3.05) is 5.32 Å². The predicted molar refractivity (Wildman–Crippen MR) is 111 cm³/mol. The first kappa shape index (κ1) is 19.4. The number of nitrogens with zero attached hydrogens (tertiary/aromatic N) is 5. The molecule has 1 saturated heterocycles. The fourth-order valence-electron chi connectivity index (χ4n) is 4.05. The molecule has 154 valence electrons. The van der Waals surface area contributed by atoms with Gasteiger partial charge in [-0.15, -0.1) is 0 Å². The summed E-state index contributed by atoms with van der Waals surface area (Å²) in [7, 11) is 1.87. The molecule has 0 radical (unpaired) electrons. The van der Waals surface area contributed by atoms with Gasteiger partial charge in [0.1, 0.15) is 5.60 Å². The Balaban J connectivity index is 1.57. The maximum absolute atomic E-state index is 12.7. The Morgan fingerprint density at radius 1 is 1.28 bits per heavy atom. The van der Waals surface area contributed by atoms with E-state index in [0.29, 0.717) is 5.95 Å². The van der Waals surface area contributed by atoms with Crippen LogP contribution in [0.3, 0.4) is 0 Å². The molecule has 0 aromatic carbocycles. The molecule has 2 aromatic rings. The first-order valence-electron chi connectivity index (χ1n) is 10.0. The monoisotopic (exact) mass is 396 g/mol. The number of aromatic nitrogens is 4. The van der Waals surface area contributed by atoms with Gasteiger partial charge in [-0.25, -0.2) is 14.8 Å². The molecule has 4 heterocycles. The van der Waals surface area contributed by atoms with Gasteiger partial charge in [-0.1, -0.05) is 6.08 Å². The Morgan fingerprint density at radius 3 is 2.72 bits per heavy atom. The van der Waals surface area contributed by atoms with E-state index in [1.807, 2.05) is 52.0 Å². The summed E-state index contributed by atoms with van der Waals surface area (Å²) in [6.07, 6.45) is 10.1. The van der Waals surface area contributed by atoms with Gasteiger partial charge in [0.2, 0.25) is 5.95 Å². The van der Waals surface area contributed by atoms with Gasteiger partial charge in [0.05, 0.1) is 23.6 Å². The number of carbonyl (C=O) groups is 1. The molecule has 2 aromatic heterocycles. The van der Waals surface area contributed by atoms with Gasteiger partial charge in [-0.05, 0) is 58.1 Å². The lowest BCUT2D eigenvalue weighted by Gasteiger charge is -2.35. The van der Waals surface area contributed by atoms with Crippen LogP contribution in [0.15, 0.2) is 24.7 Å². The van der Waals surface area contributed by atoms with Crippen LogP contribution in [0.1, 0.15) is 51.3 Å². The Bertz CT molecular complexity index is 958. The van der Waals surface area contributed by atoms with Crippen LogP contribution in [0.2, 0.25) is 0 Å². The summed E-state index contributed by atoms with van der Waals surface area (Å²) in [6, 6.07) is 0.210. The highest BCUT2D eigenvalue weighted by Gasteiger charge is 2.42. The number of fused-ring (bicyclic) bond motifs is 2. The summed E-state index contributed by atoms with van der Waals surface area (Å²) >= 11 is 0. The van der Waals surface area contributed by atoms with E-state index in [9.17, 15) is 4.79 Å². The molecule has 2 aliphatic heterocycles. The summed E-state index contributed by atoms with van der Waals surface area (Å²) in [4.78, 5) is 23.7. The Labute approximate surface area is 171 Å². The van der Waals surface area contributed by atoms with E-state index < -0.39 is 5.60 Å². The quantitative estimate of drug-likeness (QED) is 0.849. The van der Waals surface area contributed by atoms with Gasteiger partial charge in [0.25, 0.3) is 0 Å². The smallest absolute Gasteiger partial charge is 0.411 e. The molecule has 0 saturated carbocycles. The molecular weight excluding hydrogens is 368 g/mol. The van der Waals surface area contributed by atoms with Gasteiger partial charge in [0, 0.05) is 25.5 Å². The number of ether oxygens (including phenoxy) is 1. The standard InChI is InChI=1S/C21H28N6O2/c1-13-10-22-19(24-15-11-23-26(5)12-15)25-18(13)14-8-16-6-7-17(9-14)27(16)20(28)29-21(2,3)4/h8,10-12,16-17H,6-7,9H2,1-5H3,(H,22,24,25). The first-order chi connectivity index (χ1) is 13.7. The van der Waals surface area contributed by atoms with Crippen molar-refractivity contribution in [2.24, 2.45) is 7.05 Å². The van der Waals surface area contributed by atoms with Crippen molar-refractivity contribution < 1.29 is 9.53 Å². The molecule has 2 atom stereocenters. The van der Waals surface area contributed by atoms with Crippen molar-refractivity contribution in [1.82, 2.24) is 24.6 Å². The van der Waals surface area contributed by atoms with E-state index in [0.717, 1.165) is 36.2 Å². The van der Waals surface area contributed by atoms with E-state index in [1.165, 1.54) is 5.57 Å². The molecule has 8 nitrogen and oxygen atoms in total. The predicted octanol–water partition coefficient (Wildman–Crippen LogP) is 3.82. The summed E-state index contributed by atoms with van der Waals surface area (Å²) in [5, 5.41) is 7.36. The molecule has 29 heavy (non-hydrogen) atoms. The van der Waals surface area contributed by atoms with Crippen molar-refractivity contribution in [1.29, 1.82) is 0 Å². The average molecular weight is 396 g/mol. The number of anilines is 2. The highest BCUT2D eigenvalue weighted by molar-refractivity contribution is 5.75. The molecule has 1 amide bonds. The summed E-state index contributed by atoms with van der Waals surface area (Å²) < 4.78 is 7.35. The van der Waals surface area contributed by atoms with Gasteiger partial charge >= 0.3 is 6.09 Å². The number of nitrogens with one attached hydrogen (secondary N) is 1. The van der Waals surface area contributed by atoms with Crippen LogP contribution in [0.5, 0.6) is 0 Å². The van der Waals surface area contributed by atoms with Gasteiger partial charge < -0.3 is 10.1 Å². The van der Waals surface area contributed by atoms with E-state index >= 15 is 0 Å². The molecule has 4 rings (SSSR count). The van der Waals surface area contributed by atoms with E-state index in [1.54, 1.807) is 10.9 Å². The topological polar surface area (TPSA) is 85.2 Å². The minimum atomic E-state index is -0.489. The van der Waals surface area contributed by atoms with Crippen molar-refractivity contribution >= 4 is 23.3 Å². The van der Waals surface area contributed by atoms with Crippen molar-refractivity contribution in [3.05, 3.63) is 35.9 Å². The second kappa shape index (κ2) is 7.17. The highest BCUT2D eigenvalue weighted by Crippen LogP contribution is 2.39. The van der Waals surface area contributed by atoms with Crippen LogP contribution in [0, 0.1) is 6.92 Å².